The predicted octanol–water partition coefficient (Wildman–Crippen LogP) is 3.62. The molecule has 0 saturated heterocycles. The number of aliphatic carboxylic acids is 1. The van der Waals surface area contributed by atoms with Gasteiger partial charge in [0.15, 0.2) is 0 Å². The van der Waals surface area contributed by atoms with Crippen LogP contribution in [0.5, 0.6) is 0 Å². The van der Waals surface area contributed by atoms with E-state index in [-0.39, 0.29) is 43.4 Å². The van der Waals surface area contributed by atoms with Gasteiger partial charge >= 0.3 is 11.9 Å². The van der Waals surface area contributed by atoms with Crippen LogP contribution in [-0.2, 0) is 62.4 Å². The van der Waals surface area contributed by atoms with Gasteiger partial charge in [-0.3, -0.25) is 33.6 Å². The number of carboxylic acid groups (broad SMARTS) is 1. The predicted molar refractivity (Wildman–Crippen MR) is 241 cm³/mol. The number of anilines is 1. The molecule has 0 spiro atoms. The van der Waals surface area contributed by atoms with E-state index in [4.69, 9.17) is 4.74 Å². The second kappa shape index (κ2) is 22.6. The third-order valence-electron chi connectivity index (χ3n) is 10.5. The fourth-order valence-electron chi connectivity index (χ4n) is 7.14. The number of methoxy groups -OCH3 is 1. The Morgan fingerprint density at radius 2 is 1.20 bits per heavy atom. The van der Waals surface area contributed by atoms with Crippen molar-refractivity contribution in [2.45, 2.75) is 68.7 Å². The molecule has 65 heavy (non-hydrogen) atoms. The van der Waals surface area contributed by atoms with Crippen LogP contribution in [0.2, 0.25) is 0 Å². The van der Waals surface area contributed by atoms with Crippen LogP contribution < -0.4 is 31.9 Å². The van der Waals surface area contributed by atoms with E-state index < -0.39 is 84.0 Å². The zero-order chi connectivity index (χ0) is 46.3. The molecule has 6 amide bonds. The van der Waals surface area contributed by atoms with Crippen molar-refractivity contribution in [3.05, 3.63) is 148 Å². The lowest BCUT2D eigenvalue weighted by atomic mass is 9.98. The number of thiophene rings is 1. The van der Waals surface area contributed by atoms with Gasteiger partial charge in [-0.1, -0.05) is 103 Å². The molecule has 5 aromatic rings. The highest BCUT2D eigenvalue weighted by atomic mass is 32.1. The molecule has 5 atom stereocenters. The molecule has 0 aliphatic carbocycles. The summed E-state index contributed by atoms with van der Waals surface area (Å²) in [6.07, 6.45) is -1.39. The lowest BCUT2D eigenvalue weighted by Crippen LogP contribution is -2.58. The average Bonchev–Trinajstić information content (AvgIpc) is 3.83. The Bertz CT molecular complexity index is 2470. The maximum Gasteiger partial charge on any atom is 0.328 e. The summed E-state index contributed by atoms with van der Waals surface area (Å²) in [5.41, 5.74) is 3.62. The first-order valence-corrected chi connectivity index (χ1v) is 21.6. The fourth-order valence-corrected chi connectivity index (χ4v) is 7.89. The normalized spacial score (nSPS) is 19.0. The third kappa shape index (κ3) is 13.7. The van der Waals surface area contributed by atoms with Crippen LogP contribution in [0.3, 0.4) is 0 Å². The number of carbonyl (C=O) groups excluding carboxylic acids is 7. The molecule has 0 radical (unpaired) electrons. The highest BCUT2D eigenvalue weighted by molar-refractivity contribution is 7.09. The Balaban J connectivity index is 1.39. The highest BCUT2D eigenvalue weighted by Crippen LogP contribution is 2.22. The standard InChI is InChI=1S/C48H48N6O10S/c1-64-48(63)39(28-42(57)58)53-47(62)43-33-18-20-34(21-19-33)49-40(55)22-23-41(56)50-38(27-35-13-8-24-65-35)45(60)51-36(26-30-14-16-32(17-15-30)31-11-6-3-7-12-31)44(59)52-37(46(61)54-43)25-29-9-4-2-5-10-29/h2-21,24,36-39,43H,22-23,25-28H2,1H3,(H,49,55)(H,50,56)(H,51,60)(H,52,59)(H,53,62)(H,54,61)(H,57,58)/t36-,37+,38+,39-,43?/m0/s1. The summed E-state index contributed by atoms with van der Waals surface area (Å²) < 4.78 is 4.72. The van der Waals surface area contributed by atoms with Crippen LogP contribution in [0.25, 0.3) is 11.1 Å². The number of benzene rings is 4. The minimum atomic E-state index is -1.63. The van der Waals surface area contributed by atoms with E-state index in [9.17, 15) is 43.5 Å². The summed E-state index contributed by atoms with van der Waals surface area (Å²) in [4.78, 5) is 109. The van der Waals surface area contributed by atoms with Crippen molar-refractivity contribution in [1.82, 2.24) is 26.6 Å². The molecule has 4 aromatic carbocycles. The molecule has 17 heteroatoms. The topological polar surface area (TPSA) is 238 Å². The summed E-state index contributed by atoms with van der Waals surface area (Å²) in [6, 6.07) is 28.2. The lowest BCUT2D eigenvalue weighted by Gasteiger charge is -2.27. The Hall–Kier alpha value is -7.66. The molecule has 1 aromatic heterocycles. The van der Waals surface area contributed by atoms with Gasteiger partial charge in [0.25, 0.3) is 0 Å². The molecule has 7 N–H and O–H groups in total. The summed E-state index contributed by atoms with van der Waals surface area (Å²) in [5.74, 6) is -6.83. The summed E-state index contributed by atoms with van der Waals surface area (Å²) in [5, 5.41) is 27.4. The molecule has 336 valence electrons. The minimum Gasteiger partial charge on any atom is -0.481 e. The summed E-state index contributed by atoms with van der Waals surface area (Å²) in [7, 11) is 1.03. The smallest absolute Gasteiger partial charge is 0.328 e. The number of carboxylic acids is 1. The van der Waals surface area contributed by atoms with Gasteiger partial charge in [-0.15, -0.1) is 11.3 Å². The number of esters is 1. The van der Waals surface area contributed by atoms with Gasteiger partial charge in [0.2, 0.25) is 35.4 Å². The minimum absolute atomic E-state index is 0.0397. The summed E-state index contributed by atoms with van der Waals surface area (Å²) >= 11 is 1.38. The third-order valence-corrected chi connectivity index (χ3v) is 11.4. The first-order valence-electron chi connectivity index (χ1n) is 20.8. The van der Waals surface area contributed by atoms with Crippen molar-refractivity contribution in [1.29, 1.82) is 0 Å². The average molecular weight is 901 g/mol. The second-order valence-electron chi connectivity index (χ2n) is 15.3. The van der Waals surface area contributed by atoms with E-state index in [1.807, 2.05) is 60.0 Å². The maximum atomic E-state index is 14.6. The SMILES string of the molecule is COC(=O)[C@H](CC(=O)O)NC(=O)C1NC(=O)[C@@H](Cc2ccccc2)NC(=O)[C@H](Cc2ccc(-c3ccccc3)cc2)NC(=O)[C@@H](Cc2cccs2)NC(=O)CCC(=O)Nc2ccc1cc2. The number of hydrogen-bond donors (Lipinski definition) is 7. The number of ether oxygens (including phenoxy) is 1. The first kappa shape index (κ1) is 46.8. The van der Waals surface area contributed by atoms with Gasteiger partial charge in [-0.2, -0.15) is 0 Å². The molecule has 7 rings (SSSR count). The van der Waals surface area contributed by atoms with E-state index in [1.54, 1.807) is 42.5 Å². The quantitative estimate of drug-likeness (QED) is 0.0710. The van der Waals surface area contributed by atoms with Crippen molar-refractivity contribution < 1.29 is 48.2 Å². The van der Waals surface area contributed by atoms with Crippen LogP contribution in [0.15, 0.2) is 127 Å². The van der Waals surface area contributed by atoms with Crippen LogP contribution in [-0.4, -0.2) is 83.8 Å². The lowest BCUT2D eigenvalue weighted by molar-refractivity contribution is -0.149. The van der Waals surface area contributed by atoms with Crippen molar-refractivity contribution >= 4 is 64.4 Å². The van der Waals surface area contributed by atoms with Crippen molar-refractivity contribution in [2.75, 3.05) is 12.4 Å². The summed E-state index contributed by atoms with van der Waals surface area (Å²) in [6.45, 7) is 0. The Kier molecular flexibility index (Phi) is 16.3. The van der Waals surface area contributed by atoms with E-state index in [0.717, 1.165) is 23.1 Å². The molecule has 0 fully saturated rings. The van der Waals surface area contributed by atoms with E-state index in [1.165, 1.54) is 35.6 Å². The Labute approximate surface area is 378 Å². The van der Waals surface area contributed by atoms with Crippen molar-refractivity contribution in [3.8, 4) is 11.1 Å². The van der Waals surface area contributed by atoms with Gasteiger partial charge in [0.1, 0.15) is 30.2 Å². The molecular formula is C48H48N6O10S. The molecule has 0 saturated carbocycles. The molecule has 1 unspecified atom stereocenters. The molecule has 2 aliphatic heterocycles. The maximum absolute atomic E-state index is 14.6. The number of rotatable bonds is 12. The van der Waals surface area contributed by atoms with Gasteiger partial charge < -0.3 is 41.7 Å². The Morgan fingerprint density at radius 1 is 0.646 bits per heavy atom. The highest BCUT2D eigenvalue weighted by Gasteiger charge is 2.34. The monoisotopic (exact) mass is 900 g/mol. The van der Waals surface area contributed by atoms with Crippen LogP contribution in [0.4, 0.5) is 5.69 Å². The van der Waals surface area contributed by atoms with Crippen molar-refractivity contribution in [2.24, 2.45) is 0 Å². The number of nitrogens with one attached hydrogen (secondary N) is 6. The fraction of sp³-hybridized carbons (Fsp3) is 0.250. The van der Waals surface area contributed by atoms with Crippen LogP contribution >= 0.6 is 11.3 Å². The molecule has 3 heterocycles. The second-order valence-corrected chi connectivity index (χ2v) is 16.3. The van der Waals surface area contributed by atoms with Gasteiger partial charge in [-0.05, 0) is 51.4 Å². The van der Waals surface area contributed by atoms with Gasteiger partial charge in [-0.25, -0.2) is 4.79 Å². The number of hydrogen-bond acceptors (Lipinski definition) is 10. The molecule has 2 aliphatic rings. The van der Waals surface area contributed by atoms with E-state index >= 15 is 0 Å². The van der Waals surface area contributed by atoms with E-state index in [2.05, 4.69) is 31.9 Å². The Morgan fingerprint density at radius 3 is 1.78 bits per heavy atom. The number of amides is 6. The first-order chi connectivity index (χ1) is 31.3. The largest absolute Gasteiger partial charge is 0.481 e. The number of fused-ring (bicyclic) bond motifs is 17. The van der Waals surface area contributed by atoms with Crippen molar-refractivity contribution in [3.63, 3.8) is 0 Å². The zero-order valence-corrected chi connectivity index (χ0v) is 36.1. The molecule has 2 bridgehead atoms. The van der Waals surface area contributed by atoms with Crippen LogP contribution in [0, 0.1) is 0 Å². The zero-order valence-electron chi connectivity index (χ0n) is 35.3. The molecule has 16 nitrogen and oxygen atoms in total. The van der Waals surface area contributed by atoms with Gasteiger partial charge in [0, 0.05) is 42.7 Å². The number of carbonyl (C=O) groups is 8. The van der Waals surface area contributed by atoms with Crippen LogP contribution in [0.1, 0.15) is 46.9 Å². The van der Waals surface area contributed by atoms with Gasteiger partial charge in [0.05, 0.1) is 13.5 Å². The molecular weight excluding hydrogens is 853 g/mol. The van der Waals surface area contributed by atoms with E-state index in [0.29, 0.717) is 11.1 Å².